The summed E-state index contributed by atoms with van der Waals surface area (Å²) in [7, 11) is 3.75. The van der Waals surface area contributed by atoms with E-state index in [2.05, 4.69) is 20.3 Å². The Balaban J connectivity index is 1.58. The van der Waals surface area contributed by atoms with Gasteiger partial charge in [-0.1, -0.05) is 24.3 Å². The number of nitrogens with one attached hydrogen (secondary N) is 1. The van der Waals surface area contributed by atoms with E-state index in [-0.39, 0.29) is 5.91 Å². The fourth-order valence-corrected chi connectivity index (χ4v) is 2.26. The molecule has 2 heterocycles. The molecule has 1 amide bonds. The number of hydrogen-bond donors (Lipinski definition) is 1. The second-order valence-electron chi connectivity index (χ2n) is 5.76. The maximum atomic E-state index is 12.0. The highest BCUT2D eigenvalue weighted by atomic mass is 16.1. The van der Waals surface area contributed by atoms with Gasteiger partial charge >= 0.3 is 0 Å². The van der Waals surface area contributed by atoms with Crippen molar-refractivity contribution >= 4 is 28.8 Å². The van der Waals surface area contributed by atoms with Crippen LogP contribution in [-0.4, -0.2) is 35.0 Å². The number of rotatable bonds is 5. The number of anilines is 1. The number of benzene rings is 1. The van der Waals surface area contributed by atoms with Crippen LogP contribution >= 0.6 is 0 Å². The van der Waals surface area contributed by atoms with Gasteiger partial charge in [-0.2, -0.15) is 0 Å². The Hall–Kier alpha value is -3.28. The molecule has 0 spiro atoms. The number of hydrogen-bond acceptors (Lipinski definition) is 5. The summed E-state index contributed by atoms with van der Waals surface area (Å²) in [5.41, 5.74) is 2.51. The molecule has 6 nitrogen and oxygen atoms in total. The van der Waals surface area contributed by atoms with Gasteiger partial charge in [0.05, 0.1) is 17.8 Å². The number of pyridine rings is 1. The van der Waals surface area contributed by atoms with Gasteiger partial charge in [0, 0.05) is 43.5 Å². The summed E-state index contributed by atoms with van der Waals surface area (Å²) in [6, 6.07) is 11.8. The quantitative estimate of drug-likeness (QED) is 0.726. The summed E-state index contributed by atoms with van der Waals surface area (Å²) in [4.78, 5) is 26.7. The number of nitrogens with zero attached hydrogens (tertiary/aromatic N) is 4. The van der Waals surface area contributed by atoms with E-state index in [0.29, 0.717) is 12.5 Å². The zero-order valence-electron chi connectivity index (χ0n) is 14.2. The van der Waals surface area contributed by atoms with Crippen LogP contribution in [0.4, 0.5) is 5.95 Å². The van der Waals surface area contributed by atoms with Crippen LogP contribution in [0.1, 0.15) is 11.3 Å². The number of carbonyl (C=O) groups excluding carboxylic acids is 1. The molecule has 0 saturated carbocycles. The molecule has 0 saturated heterocycles. The number of fused-ring (bicyclic) bond motifs is 1. The highest BCUT2D eigenvalue weighted by Gasteiger charge is 2.01. The molecule has 0 unspecified atom stereocenters. The minimum absolute atomic E-state index is 0.188. The summed E-state index contributed by atoms with van der Waals surface area (Å²) in [5, 5.41) is 3.91. The van der Waals surface area contributed by atoms with Crippen molar-refractivity contribution in [3.63, 3.8) is 0 Å². The van der Waals surface area contributed by atoms with E-state index in [1.165, 1.54) is 6.08 Å². The average Bonchev–Trinajstić information content (AvgIpc) is 2.65. The second kappa shape index (κ2) is 7.53. The first-order chi connectivity index (χ1) is 12.1. The molecule has 0 aliphatic carbocycles. The third-order valence-corrected chi connectivity index (χ3v) is 3.59. The Bertz CT molecular complexity index is 903. The van der Waals surface area contributed by atoms with Gasteiger partial charge < -0.3 is 10.2 Å². The lowest BCUT2D eigenvalue weighted by molar-refractivity contribution is -0.116. The molecule has 3 rings (SSSR count). The molecule has 0 atom stereocenters. The van der Waals surface area contributed by atoms with Crippen LogP contribution in [0.25, 0.3) is 17.0 Å². The normalized spacial score (nSPS) is 11.0. The van der Waals surface area contributed by atoms with Crippen LogP contribution in [0.3, 0.4) is 0 Å². The zero-order valence-corrected chi connectivity index (χ0v) is 14.2. The van der Waals surface area contributed by atoms with Crippen molar-refractivity contribution in [2.24, 2.45) is 0 Å². The smallest absolute Gasteiger partial charge is 0.244 e. The van der Waals surface area contributed by atoms with Crippen molar-refractivity contribution in [1.82, 2.24) is 20.3 Å². The first kappa shape index (κ1) is 16.6. The molecular weight excluding hydrogens is 314 g/mol. The van der Waals surface area contributed by atoms with Gasteiger partial charge in [-0.15, -0.1) is 0 Å². The standard InChI is InChI=1S/C19H19N5O/c1-24(2)19-21-11-14(12-22-19)7-10-18(25)20-13-16-9-8-15-5-3-4-6-17(15)23-16/h3-12H,13H2,1-2H3,(H,20,25). The minimum atomic E-state index is -0.188. The first-order valence-corrected chi connectivity index (χ1v) is 7.92. The van der Waals surface area contributed by atoms with Crippen LogP contribution in [0.5, 0.6) is 0 Å². The molecule has 6 heteroatoms. The lowest BCUT2D eigenvalue weighted by Gasteiger charge is -2.08. The van der Waals surface area contributed by atoms with Crippen LogP contribution < -0.4 is 10.2 Å². The molecule has 126 valence electrons. The van der Waals surface area contributed by atoms with Gasteiger partial charge in [0.1, 0.15) is 0 Å². The molecule has 0 fully saturated rings. The maximum Gasteiger partial charge on any atom is 0.244 e. The van der Waals surface area contributed by atoms with Crippen molar-refractivity contribution in [3.8, 4) is 0 Å². The highest BCUT2D eigenvalue weighted by molar-refractivity contribution is 5.91. The molecule has 0 aliphatic heterocycles. The summed E-state index contributed by atoms with van der Waals surface area (Å²) in [5.74, 6) is 0.440. The van der Waals surface area contributed by atoms with E-state index < -0.39 is 0 Å². The largest absolute Gasteiger partial charge is 0.347 e. The molecule has 1 N–H and O–H groups in total. The molecule has 1 aromatic carbocycles. The predicted molar refractivity (Wildman–Crippen MR) is 99.0 cm³/mol. The minimum Gasteiger partial charge on any atom is -0.347 e. The van der Waals surface area contributed by atoms with E-state index in [0.717, 1.165) is 22.2 Å². The second-order valence-corrected chi connectivity index (χ2v) is 5.76. The molecule has 0 radical (unpaired) electrons. The first-order valence-electron chi connectivity index (χ1n) is 7.92. The van der Waals surface area contributed by atoms with Crippen LogP contribution in [0, 0.1) is 0 Å². The van der Waals surface area contributed by atoms with E-state index in [4.69, 9.17) is 0 Å². The molecule has 2 aromatic heterocycles. The third kappa shape index (κ3) is 4.38. The van der Waals surface area contributed by atoms with Gasteiger partial charge in [-0.25, -0.2) is 9.97 Å². The van der Waals surface area contributed by atoms with E-state index in [1.807, 2.05) is 55.4 Å². The maximum absolute atomic E-state index is 12.0. The predicted octanol–water partition coefficient (Wildman–Crippen LogP) is 2.42. The van der Waals surface area contributed by atoms with Crippen molar-refractivity contribution in [3.05, 3.63) is 66.1 Å². The van der Waals surface area contributed by atoms with Gasteiger partial charge in [0.15, 0.2) is 0 Å². The summed E-state index contributed by atoms with van der Waals surface area (Å²) in [6.07, 6.45) is 6.51. The van der Waals surface area contributed by atoms with E-state index >= 15 is 0 Å². The van der Waals surface area contributed by atoms with Crippen molar-refractivity contribution in [1.29, 1.82) is 0 Å². The Morgan fingerprint density at radius 1 is 1.12 bits per heavy atom. The summed E-state index contributed by atoms with van der Waals surface area (Å²) < 4.78 is 0. The lowest BCUT2D eigenvalue weighted by Crippen LogP contribution is -2.20. The van der Waals surface area contributed by atoms with E-state index in [9.17, 15) is 4.79 Å². The molecule has 3 aromatic rings. The van der Waals surface area contributed by atoms with Crippen LogP contribution in [0.2, 0.25) is 0 Å². The third-order valence-electron chi connectivity index (χ3n) is 3.59. The molecule has 25 heavy (non-hydrogen) atoms. The lowest BCUT2D eigenvalue weighted by atomic mass is 10.2. The molecule has 0 bridgehead atoms. The van der Waals surface area contributed by atoms with Gasteiger partial charge in [-0.05, 0) is 18.2 Å². The van der Waals surface area contributed by atoms with Gasteiger partial charge in [0.2, 0.25) is 11.9 Å². The Morgan fingerprint density at radius 2 is 1.88 bits per heavy atom. The van der Waals surface area contributed by atoms with Gasteiger partial charge in [0.25, 0.3) is 0 Å². The van der Waals surface area contributed by atoms with Gasteiger partial charge in [-0.3, -0.25) is 9.78 Å². The summed E-state index contributed by atoms with van der Waals surface area (Å²) >= 11 is 0. The Kier molecular flexibility index (Phi) is 4.99. The number of para-hydroxylation sites is 1. The fraction of sp³-hybridized carbons (Fsp3) is 0.158. The highest BCUT2D eigenvalue weighted by Crippen LogP contribution is 2.11. The van der Waals surface area contributed by atoms with Crippen molar-refractivity contribution in [2.75, 3.05) is 19.0 Å². The molecular formula is C19H19N5O. The topological polar surface area (TPSA) is 71.0 Å². The number of carbonyl (C=O) groups is 1. The van der Waals surface area contributed by atoms with E-state index in [1.54, 1.807) is 18.5 Å². The molecule has 0 aliphatic rings. The number of amides is 1. The zero-order chi connectivity index (χ0) is 17.6. The summed E-state index contributed by atoms with van der Waals surface area (Å²) in [6.45, 7) is 0.379. The van der Waals surface area contributed by atoms with Crippen LogP contribution in [0.15, 0.2) is 54.9 Å². The monoisotopic (exact) mass is 333 g/mol. The Morgan fingerprint density at radius 3 is 2.64 bits per heavy atom. The Labute approximate surface area is 146 Å². The SMILES string of the molecule is CN(C)c1ncc(C=CC(=O)NCc2ccc3ccccc3n2)cn1. The fourth-order valence-electron chi connectivity index (χ4n) is 2.26. The average molecular weight is 333 g/mol. The number of aromatic nitrogens is 3. The van der Waals surface area contributed by atoms with Crippen molar-refractivity contribution < 1.29 is 4.79 Å². The van der Waals surface area contributed by atoms with Crippen LogP contribution in [-0.2, 0) is 11.3 Å². The van der Waals surface area contributed by atoms with Crippen molar-refractivity contribution in [2.45, 2.75) is 6.54 Å².